The maximum absolute atomic E-state index is 12.2. The number of nitrogens with zero attached hydrogens (tertiary/aromatic N) is 3. The third-order valence-electron chi connectivity index (χ3n) is 2.92. The van der Waals surface area contributed by atoms with E-state index in [-0.39, 0.29) is 11.7 Å². The SMILES string of the molecule is CCN(Cc1cccc(C)n1)C(=O)C(C)C(N)=NO. The van der Waals surface area contributed by atoms with E-state index in [1.807, 2.05) is 32.0 Å². The van der Waals surface area contributed by atoms with E-state index in [0.717, 1.165) is 11.4 Å². The summed E-state index contributed by atoms with van der Waals surface area (Å²) in [5.74, 6) is -0.906. The summed E-state index contributed by atoms with van der Waals surface area (Å²) in [4.78, 5) is 18.2. The Morgan fingerprint density at radius 3 is 2.79 bits per heavy atom. The van der Waals surface area contributed by atoms with Gasteiger partial charge in [0.25, 0.3) is 0 Å². The van der Waals surface area contributed by atoms with Crippen molar-refractivity contribution in [3.8, 4) is 0 Å². The van der Waals surface area contributed by atoms with Crippen LogP contribution in [0.2, 0.25) is 0 Å². The summed E-state index contributed by atoms with van der Waals surface area (Å²) in [7, 11) is 0. The zero-order valence-electron chi connectivity index (χ0n) is 11.5. The Hall–Kier alpha value is -2.11. The molecule has 19 heavy (non-hydrogen) atoms. The summed E-state index contributed by atoms with van der Waals surface area (Å²) in [5.41, 5.74) is 7.19. The van der Waals surface area contributed by atoms with Crippen molar-refractivity contribution in [2.24, 2.45) is 16.8 Å². The standard InChI is InChI=1S/C13H20N4O2/c1-4-17(13(18)10(3)12(14)16-19)8-11-7-5-6-9(2)15-11/h5-7,10,19H,4,8H2,1-3H3,(H2,14,16). The van der Waals surface area contributed by atoms with Crippen molar-refractivity contribution < 1.29 is 10.0 Å². The Kier molecular flexibility index (Phi) is 5.29. The molecule has 1 amide bonds. The van der Waals surface area contributed by atoms with Gasteiger partial charge in [-0.2, -0.15) is 0 Å². The number of hydrogen-bond donors (Lipinski definition) is 2. The van der Waals surface area contributed by atoms with Crippen LogP contribution in [0.15, 0.2) is 23.4 Å². The first-order valence-electron chi connectivity index (χ1n) is 6.18. The van der Waals surface area contributed by atoms with Crippen molar-refractivity contribution in [1.82, 2.24) is 9.88 Å². The number of carbonyl (C=O) groups is 1. The van der Waals surface area contributed by atoms with Crippen molar-refractivity contribution in [2.45, 2.75) is 27.3 Å². The van der Waals surface area contributed by atoms with E-state index >= 15 is 0 Å². The van der Waals surface area contributed by atoms with Crippen LogP contribution in [0, 0.1) is 12.8 Å². The summed E-state index contributed by atoms with van der Waals surface area (Å²) < 4.78 is 0. The van der Waals surface area contributed by atoms with E-state index < -0.39 is 5.92 Å². The van der Waals surface area contributed by atoms with Gasteiger partial charge in [0.1, 0.15) is 0 Å². The van der Waals surface area contributed by atoms with E-state index in [4.69, 9.17) is 10.9 Å². The minimum absolute atomic E-state index is 0.0827. The zero-order chi connectivity index (χ0) is 14.4. The van der Waals surface area contributed by atoms with Gasteiger partial charge >= 0.3 is 0 Å². The number of nitrogens with two attached hydrogens (primary N) is 1. The molecule has 0 spiro atoms. The fourth-order valence-electron chi connectivity index (χ4n) is 1.72. The largest absolute Gasteiger partial charge is 0.409 e. The maximum Gasteiger partial charge on any atom is 0.233 e. The molecule has 0 fully saturated rings. The quantitative estimate of drug-likeness (QED) is 0.361. The molecule has 0 aliphatic heterocycles. The lowest BCUT2D eigenvalue weighted by Crippen LogP contribution is -2.40. The van der Waals surface area contributed by atoms with Gasteiger partial charge in [-0.3, -0.25) is 9.78 Å². The molecule has 104 valence electrons. The smallest absolute Gasteiger partial charge is 0.233 e. The number of aromatic nitrogens is 1. The molecule has 1 unspecified atom stereocenters. The molecule has 0 saturated heterocycles. The third kappa shape index (κ3) is 3.94. The lowest BCUT2D eigenvalue weighted by atomic mass is 10.1. The molecule has 6 nitrogen and oxygen atoms in total. The zero-order valence-corrected chi connectivity index (χ0v) is 11.5. The summed E-state index contributed by atoms with van der Waals surface area (Å²) >= 11 is 0. The molecule has 0 bridgehead atoms. The first-order chi connectivity index (χ1) is 8.99. The molecule has 0 aliphatic carbocycles. The monoisotopic (exact) mass is 264 g/mol. The molecule has 0 aromatic carbocycles. The number of carbonyl (C=O) groups excluding carboxylic acids is 1. The minimum Gasteiger partial charge on any atom is -0.409 e. The fourth-order valence-corrected chi connectivity index (χ4v) is 1.72. The lowest BCUT2D eigenvalue weighted by Gasteiger charge is -2.23. The number of pyridine rings is 1. The fraction of sp³-hybridized carbons (Fsp3) is 0.462. The van der Waals surface area contributed by atoms with Crippen LogP contribution in [-0.4, -0.2) is 33.4 Å². The second-order valence-electron chi connectivity index (χ2n) is 4.37. The Balaban J connectivity index is 2.81. The number of amides is 1. The van der Waals surface area contributed by atoms with Crippen molar-refractivity contribution in [3.05, 3.63) is 29.6 Å². The van der Waals surface area contributed by atoms with Gasteiger partial charge in [-0.15, -0.1) is 0 Å². The molecule has 1 atom stereocenters. The molecule has 1 rings (SSSR count). The first-order valence-corrected chi connectivity index (χ1v) is 6.18. The van der Waals surface area contributed by atoms with Crippen molar-refractivity contribution in [1.29, 1.82) is 0 Å². The van der Waals surface area contributed by atoms with Crippen LogP contribution in [-0.2, 0) is 11.3 Å². The maximum atomic E-state index is 12.2. The van der Waals surface area contributed by atoms with E-state index in [1.54, 1.807) is 11.8 Å². The second kappa shape index (κ2) is 6.72. The molecule has 3 N–H and O–H groups in total. The van der Waals surface area contributed by atoms with Gasteiger partial charge in [-0.1, -0.05) is 11.2 Å². The summed E-state index contributed by atoms with van der Waals surface area (Å²) in [6.07, 6.45) is 0. The molecule has 0 radical (unpaired) electrons. The Labute approximate surface area is 112 Å². The third-order valence-corrected chi connectivity index (χ3v) is 2.92. The minimum atomic E-state index is -0.644. The highest BCUT2D eigenvalue weighted by atomic mass is 16.4. The summed E-state index contributed by atoms with van der Waals surface area (Å²) in [5, 5.41) is 11.5. The van der Waals surface area contributed by atoms with Crippen molar-refractivity contribution in [2.75, 3.05) is 6.54 Å². The van der Waals surface area contributed by atoms with Gasteiger partial charge in [0.05, 0.1) is 18.2 Å². The molecule has 0 aliphatic rings. The van der Waals surface area contributed by atoms with Gasteiger partial charge in [0, 0.05) is 12.2 Å². The highest BCUT2D eigenvalue weighted by Gasteiger charge is 2.23. The van der Waals surface area contributed by atoms with Gasteiger partial charge in [-0.05, 0) is 32.9 Å². The molecular weight excluding hydrogens is 244 g/mol. The van der Waals surface area contributed by atoms with Gasteiger partial charge in [-0.25, -0.2) is 0 Å². The van der Waals surface area contributed by atoms with Gasteiger partial charge in [0.15, 0.2) is 5.84 Å². The van der Waals surface area contributed by atoms with Crippen LogP contribution in [0.3, 0.4) is 0 Å². The van der Waals surface area contributed by atoms with E-state index in [0.29, 0.717) is 13.1 Å². The number of hydrogen-bond acceptors (Lipinski definition) is 4. The van der Waals surface area contributed by atoms with Crippen LogP contribution in [0.25, 0.3) is 0 Å². The topological polar surface area (TPSA) is 91.8 Å². The summed E-state index contributed by atoms with van der Waals surface area (Å²) in [6.45, 7) is 6.36. The average Bonchev–Trinajstić information content (AvgIpc) is 2.42. The average molecular weight is 264 g/mol. The van der Waals surface area contributed by atoms with E-state index in [9.17, 15) is 4.79 Å². The van der Waals surface area contributed by atoms with Crippen LogP contribution in [0.1, 0.15) is 25.2 Å². The van der Waals surface area contributed by atoms with Crippen LogP contribution in [0.4, 0.5) is 0 Å². The number of amidine groups is 1. The van der Waals surface area contributed by atoms with Gasteiger partial charge in [0.2, 0.25) is 5.91 Å². The lowest BCUT2D eigenvalue weighted by molar-refractivity contribution is -0.133. The highest BCUT2D eigenvalue weighted by Crippen LogP contribution is 2.08. The molecule has 6 heteroatoms. The van der Waals surface area contributed by atoms with Gasteiger partial charge < -0.3 is 15.8 Å². The van der Waals surface area contributed by atoms with Crippen molar-refractivity contribution in [3.63, 3.8) is 0 Å². The molecule has 1 heterocycles. The number of oxime groups is 1. The van der Waals surface area contributed by atoms with E-state index in [2.05, 4.69) is 10.1 Å². The number of aryl methyl sites for hydroxylation is 1. The van der Waals surface area contributed by atoms with Crippen LogP contribution < -0.4 is 5.73 Å². The summed E-state index contributed by atoms with van der Waals surface area (Å²) in [6, 6.07) is 5.68. The molecule has 1 aromatic rings. The molecule has 0 saturated carbocycles. The number of rotatable bonds is 5. The molecular formula is C13H20N4O2. The predicted molar refractivity (Wildman–Crippen MR) is 72.6 cm³/mol. The highest BCUT2D eigenvalue weighted by molar-refractivity contribution is 6.01. The van der Waals surface area contributed by atoms with Crippen LogP contribution >= 0.6 is 0 Å². The second-order valence-corrected chi connectivity index (χ2v) is 4.37. The predicted octanol–water partition coefficient (Wildman–Crippen LogP) is 1.12. The first kappa shape index (κ1) is 14.9. The normalized spacial score (nSPS) is 13.1. The Morgan fingerprint density at radius 2 is 2.26 bits per heavy atom. The Morgan fingerprint density at radius 1 is 1.58 bits per heavy atom. The van der Waals surface area contributed by atoms with E-state index in [1.165, 1.54) is 0 Å². The van der Waals surface area contributed by atoms with Crippen LogP contribution in [0.5, 0.6) is 0 Å². The Bertz CT molecular complexity index is 473. The van der Waals surface area contributed by atoms with Crippen molar-refractivity contribution >= 4 is 11.7 Å². The molecule has 1 aromatic heterocycles.